The molecular formula is C15H15F2NO3. The van der Waals surface area contributed by atoms with Crippen LogP contribution in [0.4, 0.5) is 14.5 Å². The Kier molecular flexibility index (Phi) is 3.00. The monoisotopic (exact) mass is 295 g/mol. The molecule has 3 atom stereocenters. The average Bonchev–Trinajstić information content (AvgIpc) is 3.12. The maximum absolute atomic E-state index is 13.4. The molecule has 0 radical (unpaired) electrons. The largest absolute Gasteiger partial charge is 0.466 e. The Labute approximate surface area is 120 Å². The number of carbonyl (C=O) groups excluding carboxylic acids is 2. The van der Waals surface area contributed by atoms with Gasteiger partial charge >= 0.3 is 5.97 Å². The first-order chi connectivity index (χ1) is 9.97. The van der Waals surface area contributed by atoms with Crippen molar-refractivity contribution in [1.82, 2.24) is 0 Å². The van der Waals surface area contributed by atoms with E-state index >= 15 is 0 Å². The maximum Gasteiger partial charge on any atom is 0.310 e. The van der Waals surface area contributed by atoms with Crippen molar-refractivity contribution in [3.05, 3.63) is 29.8 Å². The lowest BCUT2D eigenvalue weighted by Gasteiger charge is -2.11. The molecule has 21 heavy (non-hydrogen) atoms. The van der Waals surface area contributed by atoms with Crippen LogP contribution in [0, 0.1) is 11.8 Å². The summed E-state index contributed by atoms with van der Waals surface area (Å²) in [6, 6.07) is 6.77. The van der Waals surface area contributed by atoms with Crippen molar-refractivity contribution in [2.24, 2.45) is 11.8 Å². The normalized spacial score (nSPS) is 30.0. The summed E-state index contributed by atoms with van der Waals surface area (Å²) in [4.78, 5) is 25.9. The lowest BCUT2D eigenvalue weighted by molar-refractivity contribution is -0.146. The topological polar surface area (TPSA) is 46.6 Å². The number of fused-ring (bicyclic) bond motifs is 2. The molecule has 2 aliphatic rings. The molecule has 6 heteroatoms. The molecule has 1 amide bonds. The second kappa shape index (κ2) is 4.51. The highest BCUT2D eigenvalue weighted by molar-refractivity contribution is 6.14. The van der Waals surface area contributed by atoms with Crippen molar-refractivity contribution in [2.75, 3.05) is 18.6 Å². The first kappa shape index (κ1) is 14.0. The number of para-hydroxylation sites is 1. The summed E-state index contributed by atoms with van der Waals surface area (Å²) in [7, 11) is 1.54. The lowest BCUT2D eigenvalue weighted by atomic mass is 9.93. The molecule has 0 bridgehead atoms. The van der Waals surface area contributed by atoms with Gasteiger partial charge in [-0.3, -0.25) is 9.59 Å². The molecule has 1 aromatic carbocycles. The van der Waals surface area contributed by atoms with Crippen LogP contribution in [0.3, 0.4) is 0 Å². The highest BCUT2D eigenvalue weighted by atomic mass is 19.3. The SMILES string of the molecule is CCOC(=O)[C@@H]1[C@@H](C(F)F)[C@@]12C(=O)N(C)c1ccccc12. The third-order valence-corrected chi connectivity index (χ3v) is 4.45. The van der Waals surface area contributed by atoms with Gasteiger partial charge in [0.05, 0.1) is 23.9 Å². The number of likely N-dealkylation sites (N-methyl/N-ethyl adjacent to an activating group) is 1. The number of ether oxygens (including phenoxy) is 1. The van der Waals surface area contributed by atoms with Crippen LogP contribution in [0.2, 0.25) is 0 Å². The van der Waals surface area contributed by atoms with Crippen LogP contribution in [-0.2, 0) is 19.7 Å². The van der Waals surface area contributed by atoms with E-state index in [0.29, 0.717) is 11.3 Å². The van der Waals surface area contributed by atoms with Crippen molar-refractivity contribution in [1.29, 1.82) is 0 Å². The Balaban J connectivity index is 2.11. The van der Waals surface area contributed by atoms with Gasteiger partial charge in [0.2, 0.25) is 12.3 Å². The molecule has 112 valence electrons. The van der Waals surface area contributed by atoms with E-state index in [0.717, 1.165) is 0 Å². The molecule has 1 aliphatic carbocycles. The maximum atomic E-state index is 13.4. The third-order valence-electron chi connectivity index (χ3n) is 4.45. The van der Waals surface area contributed by atoms with Crippen LogP contribution in [0.15, 0.2) is 24.3 Å². The highest BCUT2D eigenvalue weighted by Gasteiger charge is 2.80. The van der Waals surface area contributed by atoms with Crippen molar-refractivity contribution in [3.8, 4) is 0 Å². The quantitative estimate of drug-likeness (QED) is 0.801. The predicted octanol–water partition coefficient (Wildman–Crippen LogP) is 1.97. The van der Waals surface area contributed by atoms with E-state index in [1.165, 1.54) is 4.90 Å². The first-order valence-electron chi connectivity index (χ1n) is 6.80. The zero-order valence-electron chi connectivity index (χ0n) is 11.7. The Hall–Kier alpha value is -1.98. The summed E-state index contributed by atoms with van der Waals surface area (Å²) in [5.41, 5.74) is -0.369. The van der Waals surface area contributed by atoms with Gasteiger partial charge < -0.3 is 9.64 Å². The smallest absolute Gasteiger partial charge is 0.310 e. The van der Waals surface area contributed by atoms with E-state index in [1.807, 2.05) is 0 Å². The molecule has 0 aromatic heterocycles. The molecule has 0 unspecified atom stereocenters. The number of hydrogen-bond donors (Lipinski definition) is 0. The minimum absolute atomic E-state index is 0.104. The zero-order chi connectivity index (χ0) is 15.4. The Morgan fingerprint density at radius 3 is 2.71 bits per heavy atom. The van der Waals surface area contributed by atoms with Gasteiger partial charge in [-0.1, -0.05) is 18.2 Å². The van der Waals surface area contributed by atoms with Crippen LogP contribution in [0.5, 0.6) is 0 Å². The van der Waals surface area contributed by atoms with Crippen LogP contribution in [0.1, 0.15) is 12.5 Å². The molecule has 0 N–H and O–H groups in total. The molecule has 4 nitrogen and oxygen atoms in total. The predicted molar refractivity (Wildman–Crippen MR) is 71.1 cm³/mol. The number of rotatable bonds is 3. The summed E-state index contributed by atoms with van der Waals surface area (Å²) in [6.45, 7) is 1.72. The van der Waals surface area contributed by atoms with Crippen LogP contribution in [-0.4, -0.2) is 32.0 Å². The fraction of sp³-hybridized carbons (Fsp3) is 0.467. The van der Waals surface area contributed by atoms with Crippen molar-refractivity contribution < 1.29 is 23.1 Å². The Bertz CT molecular complexity index is 619. The number of carbonyl (C=O) groups is 2. The third kappa shape index (κ3) is 1.58. The van der Waals surface area contributed by atoms with Crippen molar-refractivity contribution in [3.63, 3.8) is 0 Å². The van der Waals surface area contributed by atoms with Gasteiger partial charge in [-0.25, -0.2) is 8.78 Å². The van der Waals surface area contributed by atoms with Crippen molar-refractivity contribution in [2.45, 2.75) is 18.8 Å². The summed E-state index contributed by atoms with van der Waals surface area (Å²) >= 11 is 0. The van der Waals surface area contributed by atoms with E-state index in [9.17, 15) is 18.4 Å². The summed E-state index contributed by atoms with van der Waals surface area (Å²) in [6.07, 6.45) is -2.75. The molecule has 1 fully saturated rings. The van der Waals surface area contributed by atoms with Crippen LogP contribution in [0.25, 0.3) is 0 Å². The van der Waals surface area contributed by atoms with Gasteiger partial charge in [-0.15, -0.1) is 0 Å². The fourth-order valence-corrected chi connectivity index (χ4v) is 3.56. The van der Waals surface area contributed by atoms with Gasteiger partial charge in [-0.05, 0) is 18.6 Å². The first-order valence-corrected chi connectivity index (χ1v) is 6.80. The van der Waals surface area contributed by atoms with E-state index < -0.39 is 35.6 Å². The van der Waals surface area contributed by atoms with Gasteiger partial charge in [0, 0.05) is 12.7 Å². The van der Waals surface area contributed by atoms with Crippen LogP contribution >= 0.6 is 0 Å². The minimum Gasteiger partial charge on any atom is -0.466 e. The van der Waals surface area contributed by atoms with E-state index in [1.54, 1.807) is 38.2 Å². The number of halogens is 2. The second-order valence-corrected chi connectivity index (χ2v) is 5.34. The number of alkyl halides is 2. The number of anilines is 1. The van der Waals surface area contributed by atoms with Gasteiger partial charge in [0.25, 0.3) is 0 Å². The Morgan fingerprint density at radius 2 is 2.10 bits per heavy atom. The molecule has 1 spiro atoms. The number of esters is 1. The molecule has 3 rings (SSSR count). The molecule has 1 saturated carbocycles. The van der Waals surface area contributed by atoms with E-state index in [4.69, 9.17) is 4.74 Å². The number of benzene rings is 1. The lowest BCUT2D eigenvalue weighted by Crippen LogP contribution is -2.32. The number of hydrogen-bond acceptors (Lipinski definition) is 3. The number of amides is 1. The Morgan fingerprint density at radius 1 is 1.43 bits per heavy atom. The minimum atomic E-state index is -2.75. The average molecular weight is 295 g/mol. The summed E-state index contributed by atoms with van der Waals surface area (Å²) in [5.74, 6) is -3.58. The van der Waals surface area contributed by atoms with Gasteiger partial charge in [0.1, 0.15) is 0 Å². The molecule has 1 heterocycles. The summed E-state index contributed by atoms with van der Waals surface area (Å²) < 4.78 is 31.7. The van der Waals surface area contributed by atoms with E-state index in [-0.39, 0.29) is 6.61 Å². The van der Waals surface area contributed by atoms with Crippen molar-refractivity contribution >= 4 is 17.6 Å². The molecule has 0 saturated heterocycles. The number of nitrogens with zero attached hydrogens (tertiary/aromatic N) is 1. The fourth-order valence-electron chi connectivity index (χ4n) is 3.56. The highest BCUT2D eigenvalue weighted by Crippen LogP contribution is 2.68. The zero-order valence-corrected chi connectivity index (χ0v) is 11.7. The van der Waals surface area contributed by atoms with Crippen LogP contribution < -0.4 is 4.90 Å². The van der Waals surface area contributed by atoms with Gasteiger partial charge in [-0.2, -0.15) is 0 Å². The molecular weight excluding hydrogens is 280 g/mol. The molecule has 1 aromatic rings. The van der Waals surface area contributed by atoms with Gasteiger partial charge in [0.15, 0.2) is 0 Å². The second-order valence-electron chi connectivity index (χ2n) is 5.34. The molecule has 1 aliphatic heterocycles. The standard InChI is InChI=1S/C15H15F2NO3/c1-3-21-13(19)11-10(12(16)17)15(11)8-6-4-5-7-9(8)18(2)14(15)20/h4-7,10-12H,3H2,1-2H3/t10-,11-,15+/m0/s1. The summed E-state index contributed by atoms with van der Waals surface area (Å²) in [5, 5.41) is 0. The van der Waals surface area contributed by atoms with E-state index in [2.05, 4.69) is 0 Å².